The van der Waals surface area contributed by atoms with Crippen molar-refractivity contribution in [1.29, 1.82) is 0 Å². The SMILES string of the molecule is CC(Cl)c1nc2cccnc2n1Cc1ccco1. The summed E-state index contributed by atoms with van der Waals surface area (Å²) in [5.74, 6) is 1.67. The summed E-state index contributed by atoms with van der Waals surface area (Å²) >= 11 is 6.18. The van der Waals surface area contributed by atoms with Crippen molar-refractivity contribution in [3.63, 3.8) is 0 Å². The molecule has 0 fully saturated rings. The van der Waals surface area contributed by atoms with Crippen molar-refractivity contribution >= 4 is 22.8 Å². The Morgan fingerprint density at radius 2 is 2.28 bits per heavy atom. The summed E-state index contributed by atoms with van der Waals surface area (Å²) in [5.41, 5.74) is 1.68. The number of imidazole rings is 1. The zero-order valence-corrected chi connectivity index (χ0v) is 10.6. The normalized spacial score (nSPS) is 13.0. The van der Waals surface area contributed by atoms with Crippen LogP contribution in [0.2, 0.25) is 0 Å². The molecular weight excluding hydrogens is 250 g/mol. The first-order chi connectivity index (χ1) is 8.75. The van der Waals surface area contributed by atoms with Gasteiger partial charge in [0.1, 0.15) is 17.1 Å². The number of fused-ring (bicyclic) bond motifs is 1. The van der Waals surface area contributed by atoms with E-state index in [1.54, 1.807) is 12.5 Å². The molecule has 1 unspecified atom stereocenters. The summed E-state index contributed by atoms with van der Waals surface area (Å²) < 4.78 is 7.36. The molecule has 0 aliphatic heterocycles. The van der Waals surface area contributed by atoms with Crippen LogP contribution in [0, 0.1) is 0 Å². The summed E-state index contributed by atoms with van der Waals surface area (Å²) in [6.45, 7) is 2.49. The van der Waals surface area contributed by atoms with Crippen LogP contribution in [0.15, 0.2) is 41.1 Å². The highest BCUT2D eigenvalue weighted by atomic mass is 35.5. The topological polar surface area (TPSA) is 43.9 Å². The molecular formula is C13H12ClN3O. The number of hydrogen-bond donors (Lipinski definition) is 0. The van der Waals surface area contributed by atoms with E-state index in [4.69, 9.17) is 16.0 Å². The van der Waals surface area contributed by atoms with Gasteiger partial charge in [-0.1, -0.05) is 0 Å². The second-order valence-electron chi connectivity index (χ2n) is 4.10. The highest BCUT2D eigenvalue weighted by Crippen LogP contribution is 2.24. The number of hydrogen-bond acceptors (Lipinski definition) is 3. The molecule has 4 nitrogen and oxygen atoms in total. The molecule has 3 rings (SSSR count). The molecule has 18 heavy (non-hydrogen) atoms. The molecule has 0 aromatic carbocycles. The van der Waals surface area contributed by atoms with Crippen LogP contribution in [0.25, 0.3) is 11.2 Å². The Kier molecular flexibility index (Phi) is 2.80. The van der Waals surface area contributed by atoms with E-state index in [-0.39, 0.29) is 5.38 Å². The van der Waals surface area contributed by atoms with Gasteiger partial charge < -0.3 is 8.98 Å². The minimum absolute atomic E-state index is 0.172. The number of aromatic nitrogens is 3. The zero-order chi connectivity index (χ0) is 12.5. The van der Waals surface area contributed by atoms with Crippen molar-refractivity contribution < 1.29 is 4.42 Å². The van der Waals surface area contributed by atoms with Crippen molar-refractivity contribution in [3.05, 3.63) is 48.3 Å². The van der Waals surface area contributed by atoms with Gasteiger partial charge >= 0.3 is 0 Å². The van der Waals surface area contributed by atoms with Crippen LogP contribution < -0.4 is 0 Å². The Balaban J connectivity index is 2.15. The first-order valence-electron chi connectivity index (χ1n) is 5.73. The van der Waals surface area contributed by atoms with E-state index in [1.807, 2.05) is 35.8 Å². The van der Waals surface area contributed by atoms with Gasteiger partial charge in [0.05, 0.1) is 18.2 Å². The lowest BCUT2D eigenvalue weighted by atomic mass is 10.4. The quantitative estimate of drug-likeness (QED) is 0.679. The van der Waals surface area contributed by atoms with Crippen LogP contribution in [0.4, 0.5) is 0 Å². The third-order valence-electron chi connectivity index (χ3n) is 2.78. The van der Waals surface area contributed by atoms with Gasteiger partial charge in [-0.2, -0.15) is 0 Å². The number of halogens is 1. The fourth-order valence-electron chi connectivity index (χ4n) is 1.99. The van der Waals surface area contributed by atoms with E-state index in [9.17, 15) is 0 Å². The Bertz CT molecular complexity index is 658. The molecule has 0 saturated heterocycles. The lowest BCUT2D eigenvalue weighted by Crippen LogP contribution is -2.05. The maximum atomic E-state index is 6.18. The fourth-order valence-corrected chi connectivity index (χ4v) is 2.16. The van der Waals surface area contributed by atoms with E-state index in [2.05, 4.69) is 9.97 Å². The number of pyridine rings is 1. The van der Waals surface area contributed by atoms with Gasteiger partial charge in [0, 0.05) is 6.20 Å². The van der Waals surface area contributed by atoms with E-state index in [1.165, 1.54) is 0 Å². The monoisotopic (exact) mass is 261 g/mol. The van der Waals surface area contributed by atoms with E-state index in [0.717, 1.165) is 22.7 Å². The molecule has 3 aromatic heterocycles. The highest BCUT2D eigenvalue weighted by molar-refractivity contribution is 6.20. The third kappa shape index (κ3) is 1.88. The van der Waals surface area contributed by atoms with Gasteiger partial charge in [0.15, 0.2) is 5.65 Å². The Morgan fingerprint density at radius 1 is 1.39 bits per heavy atom. The summed E-state index contributed by atoms with van der Waals surface area (Å²) in [6.07, 6.45) is 3.41. The molecule has 0 spiro atoms. The molecule has 0 saturated carbocycles. The average molecular weight is 262 g/mol. The first-order valence-corrected chi connectivity index (χ1v) is 6.17. The predicted molar refractivity (Wildman–Crippen MR) is 69.6 cm³/mol. The van der Waals surface area contributed by atoms with Crippen molar-refractivity contribution in [2.75, 3.05) is 0 Å². The van der Waals surface area contributed by atoms with Crippen LogP contribution in [-0.4, -0.2) is 14.5 Å². The van der Waals surface area contributed by atoms with Crippen LogP contribution >= 0.6 is 11.6 Å². The van der Waals surface area contributed by atoms with Crippen LogP contribution in [-0.2, 0) is 6.54 Å². The number of nitrogens with zero attached hydrogens (tertiary/aromatic N) is 3. The molecule has 0 amide bonds. The number of furan rings is 1. The lowest BCUT2D eigenvalue weighted by Gasteiger charge is -2.07. The minimum atomic E-state index is -0.172. The van der Waals surface area contributed by atoms with Crippen LogP contribution in [0.1, 0.15) is 23.9 Å². The third-order valence-corrected chi connectivity index (χ3v) is 2.98. The molecule has 3 heterocycles. The van der Waals surface area contributed by atoms with Crippen molar-refractivity contribution in [1.82, 2.24) is 14.5 Å². The minimum Gasteiger partial charge on any atom is -0.467 e. The number of rotatable bonds is 3. The molecule has 3 aromatic rings. The van der Waals surface area contributed by atoms with Crippen molar-refractivity contribution in [2.45, 2.75) is 18.8 Å². The molecule has 92 valence electrons. The summed E-state index contributed by atoms with van der Waals surface area (Å²) in [7, 11) is 0. The molecule has 0 N–H and O–H groups in total. The van der Waals surface area contributed by atoms with Crippen LogP contribution in [0.3, 0.4) is 0 Å². The highest BCUT2D eigenvalue weighted by Gasteiger charge is 2.16. The Hall–Kier alpha value is -1.81. The number of alkyl halides is 1. The zero-order valence-electron chi connectivity index (χ0n) is 9.88. The maximum absolute atomic E-state index is 6.18. The lowest BCUT2D eigenvalue weighted by molar-refractivity contribution is 0.491. The van der Waals surface area contributed by atoms with E-state index in [0.29, 0.717) is 6.54 Å². The average Bonchev–Trinajstić information content (AvgIpc) is 2.98. The molecule has 0 aliphatic rings. The van der Waals surface area contributed by atoms with Gasteiger partial charge in [0.25, 0.3) is 0 Å². The first kappa shape index (κ1) is 11.3. The molecule has 0 aliphatic carbocycles. The maximum Gasteiger partial charge on any atom is 0.160 e. The van der Waals surface area contributed by atoms with Crippen molar-refractivity contribution in [2.24, 2.45) is 0 Å². The van der Waals surface area contributed by atoms with Gasteiger partial charge in [-0.05, 0) is 31.2 Å². The van der Waals surface area contributed by atoms with Gasteiger partial charge in [-0.3, -0.25) is 0 Å². The van der Waals surface area contributed by atoms with Crippen molar-refractivity contribution in [3.8, 4) is 0 Å². The fraction of sp³-hybridized carbons (Fsp3) is 0.231. The van der Waals surface area contributed by atoms with E-state index < -0.39 is 0 Å². The van der Waals surface area contributed by atoms with Gasteiger partial charge in [-0.25, -0.2) is 9.97 Å². The van der Waals surface area contributed by atoms with Gasteiger partial charge in [-0.15, -0.1) is 11.6 Å². The predicted octanol–water partition coefficient (Wildman–Crippen LogP) is 3.37. The Labute approximate surface area is 109 Å². The second-order valence-corrected chi connectivity index (χ2v) is 4.75. The summed E-state index contributed by atoms with van der Waals surface area (Å²) in [5, 5.41) is -0.172. The molecule has 5 heteroatoms. The molecule has 1 atom stereocenters. The molecule has 0 radical (unpaired) electrons. The second kappa shape index (κ2) is 4.46. The van der Waals surface area contributed by atoms with Gasteiger partial charge in [0.2, 0.25) is 0 Å². The smallest absolute Gasteiger partial charge is 0.160 e. The largest absolute Gasteiger partial charge is 0.467 e. The van der Waals surface area contributed by atoms with E-state index >= 15 is 0 Å². The molecule has 0 bridgehead atoms. The Morgan fingerprint density at radius 3 is 3.00 bits per heavy atom. The summed E-state index contributed by atoms with van der Waals surface area (Å²) in [4.78, 5) is 8.88. The summed E-state index contributed by atoms with van der Waals surface area (Å²) in [6, 6.07) is 7.60. The van der Waals surface area contributed by atoms with Crippen LogP contribution in [0.5, 0.6) is 0 Å². The standard InChI is InChI=1S/C13H12ClN3O/c1-9(14)12-16-11-5-2-6-15-13(11)17(12)8-10-4-3-7-18-10/h2-7,9H,8H2,1H3.